The first-order valence-electron chi connectivity index (χ1n) is 6.50. The minimum absolute atomic E-state index is 0.397. The van der Waals surface area contributed by atoms with Gasteiger partial charge in [0.25, 0.3) is 0 Å². The Balaban J connectivity index is 2.02. The number of carbonyl (C=O) groups excluding carboxylic acids is 1. The van der Waals surface area contributed by atoms with E-state index in [1.807, 2.05) is 24.3 Å². The standard InChI is InChI=1S/C16H12N2O2/c1-10(19)20-17-14-9-18-15-8-3-2-5-11(15)12-6-4-7-13(14)16(12)18/h2-8H,9H2,1H3/b17-14+. The third kappa shape index (κ3) is 1.42. The molecule has 4 rings (SSSR count). The van der Waals surface area contributed by atoms with E-state index < -0.39 is 5.97 Å². The molecule has 0 amide bonds. The molecule has 0 unspecified atom stereocenters. The first kappa shape index (κ1) is 11.2. The molecule has 0 radical (unpaired) electrons. The van der Waals surface area contributed by atoms with Gasteiger partial charge in [0, 0.05) is 28.8 Å². The molecular weight excluding hydrogens is 252 g/mol. The van der Waals surface area contributed by atoms with E-state index in [1.165, 1.54) is 28.7 Å². The summed E-state index contributed by atoms with van der Waals surface area (Å²) in [5, 5.41) is 6.45. The van der Waals surface area contributed by atoms with Crippen molar-refractivity contribution in [2.24, 2.45) is 5.16 Å². The fourth-order valence-corrected chi connectivity index (χ4v) is 2.94. The minimum Gasteiger partial charge on any atom is -0.334 e. The molecule has 0 N–H and O–H groups in total. The van der Waals surface area contributed by atoms with Crippen molar-refractivity contribution < 1.29 is 9.63 Å². The summed E-state index contributed by atoms with van der Waals surface area (Å²) in [7, 11) is 0. The molecule has 2 heterocycles. The molecule has 2 aromatic carbocycles. The molecule has 0 atom stereocenters. The fraction of sp³-hybridized carbons (Fsp3) is 0.125. The van der Waals surface area contributed by atoms with Crippen LogP contribution in [0.4, 0.5) is 0 Å². The quantitative estimate of drug-likeness (QED) is 0.501. The van der Waals surface area contributed by atoms with Crippen molar-refractivity contribution in [1.29, 1.82) is 0 Å². The smallest absolute Gasteiger partial charge is 0.331 e. The Morgan fingerprint density at radius 1 is 1.15 bits per heavy atom. The van der Waals surface area contributed by atoms with Crippen molar-refractivity contribution in [2.75, 3.05) is 0 Å². The molecule has 1 aliphatic rings. The highest BCUT2D eigenvalue weighted by atomic mass is 16.7. The zero-order chi connectivity index (χ0) is 13.7. The Hall–Kier alpha value is -2.62. The minimum atomic E-state index is -0.397. The maximum Gasteiger partial charge on any atom is 0.331 e. The van der Waals surface area contributed by atoms with Gasteiger partial charge >= 0.3 is 5.97 Å². The number of rotatable bonds is 1. The van der Waals surface area contributed by atoms with Crippen molar-refractivity contribution >= 4 is 33.5 Å². The largest absolute Gasteiger partial charge is 0.334 e. The van der Waals surface area contributed by atoms with E-state index in [1.54, 1.807) is 0 Å². The van der Waals surface area contributed by atoms with Gasteiger partial charge in [-0.2, -0.15) is 0 Å². The van der Waals surface area contributed by atoms with Crippen LogP contribution >= 0.6 is 0 Å². The van der Waals surface area contributed by atoms with Crippen LogP contribution in [0.25, 0.3) is 21.8 Å². The van der Waals surface area contributed by atoms with Crippen LogP contribution in [0, 0.1) is 0 Å². The summed E-state index contributed by atoms with van der Waals surface area (Å²) in [6, 6.07) is 14.5. The molecule has 4 heteroatoms. The highest BCUT2D eigenvalue weighted by molar-refractivity contribution is 6.21. The lowest BCUT2D eigenvalue weighted by Gasteiger charge is -2.01. The molecule has 4 nitrogen and oxygen atoms in total. The summed E-state index contributed by atoms with van der Waals surface area (Å²) < 4.78 is 2.22. The summed E-state index contributed by atoms with van der Waals surface area (Å²) in [4.78, 5) is 15.7. The van der Waals surface area contributed by atoms with Crippen LogP contribution in [0.5, 0.6) is 0 Å². The maximum absolute atomic E-state index is 10.9. The van der Waals surface area contributed by atoms with E-state index in [0.717, 1.165) is 11.3 Å². The van der Waals surface area contributed by atoms with E-state index in [2.05, 4.69) is 27.9 Å². The average molecular weight is 264 g/mol. The van der Waals surface area contributed by atoms with Gasteiger partial charge in [-0.05, 0) is 6.07 Å². The Kier molecular flexibility index (Phi) is 2.21. The van der Waals surface area contributed by atoms with Gasteiger partial charge in [-0.25, -0.2) is 4.79 Å². The van der Waals surface area contributed by atoms with E-state index in [-0.39, 0.29) is 0 Å². The average Bonchev–Trinajstić information content (AvgIpc) is 2.98. The van der Waals surface area contributed by atoms with Crippen LogP contribution < -0.4 is 0 Å². The zero-order valence-corrected chi connectivity index (χ0v) is 11.0. The number of hydrogen-bond donors (Lipinski definition) is 0. The first-order valence-corrected chi connectivity index (χ1v) is 6.50. The number of para-hydroxylation sites is 2. The van der Waals surface area contributed by atoms with Gasteiger partial charge in [0.1, 0.15) is 5.71 Å². The third-order valence-corrected chi connectivity index (χ3v) is 3.69. The lowest BCUT2D eigenvalue weighted by molar-refractivity contribution is -0.140. The van der Waals surface area contributed by atoms with Crippen molar-refractivity contribution in [3.63, 3.8) is 0 Å². The topological polar surface area (TPSA) is 43.6 Å². The number of benzene rings is 2. The molecule has 1 aliphatic heterocycles. The highest BCUT2D eigenvalue weighted by Crippen LogP contribution is 2.35. The van der Waals surface area contributed by atoms with Crippen LogP contribution in [0.1, 0.15) is 12.5 Å². The van der Waals surface area contributed by atoms with Gasteiger partial charge in [0.15, 0.2) is 0 Å². The number of oxime groups is 1. The number of nitrogens with zero attached hydrogens (tertiary/aromatic N) is 2. The predicted molar refractivity (Wildman–Crippen MR) is 77.7 cm³/mol. The normalized spacial score (nSPS) is 15.3. The summed E-state index contributed by atoms with van der Waals surface area (Å²) in [6.45, 7) is 1.99. The summed E-state index contributed by atoms with van der Waals surface area (Å²) >= 11 is 0. The molecule has 0 saturated heterocycles. The summed E-state index contributed by atoms with van der Waals surface area (Å²) in [6.07, 6.45) is 0. The molecule has 98 valence electrons. The van der Waals surface area contributed by atoms with Gasteiger partial charge in [-0.1, -0.05) is 41.6 Å². The molecule has 0 fully saturated rings. The lowest BCUT2D eigenvalue weighted by atomic mass is 10.1. The SMILES string of the molecule is CC(=O)O/N=C1\Cn2c3ccccc3c3cccc1c32. The van der Waals surface area contributed by atoms with Gasteiger partial charge in [0.2, 0.25) is 0 Å². The van der Waals surface area contributed by atoms with Crippen LogP contribution in [-0.2, 0) is 16.2 Å². The number of fused-ring (bicyclic) bond motifs is 3. The van der Waals surface area contributed by atoms with Gasteiger partial charge in [0.05, 0.1) is 12.1 Å². The predicted octanol–water partition coefficient (Wildman–Crippen LogP) is 3.08. The molecule has 0 saturated carbocycles. The number of carbonyl (C=O) groups is 1. The van der Waals surface area contributed by atoms with E-state index in [4.69, 9.17) is 4.84 Å². The van der Waals surface area contributed by atoms with Crippen molar-refractivity contribution in [1.82, 2.24) is 4.57 Å². The van der Waals surface area contributed by atoms with E-state index in [9.17, 15) is 4.79 Å². The fourth-order valence-electron chi connectivity index (χ4n) is 2.94. The summed E-state index contributed by atoms with van der Waals surface area (Å²) in [5.74, 6) is -0.397. The molecule has 0 bridgehead atoms. The van der Waals surface area contributed by atoms with Gasteiger partial charge < -0.3 is 9.40 Å². The highest BCUT2D eigenvalue weighted by Gasteiger charge is 2.24. The second-order valence-electron chi connectivity index (χ2n) is 4.93. The number of aromatic nitrogens is 1. The van der Waals surface area contributed by atoms with Crippen LogP contribution in [0.3, 0.4) is 0 Å². The molecule has 20 heavy (non-hydrogen) atoms. The van der Waals surface area contributed by atoms with Crippen molar-refractivity contribution in [2.45, 2.75) is 13.5 Å². The van der Waals surface area contributed by atoms with Gasteiger partial charge in [-0.15, -0.1) is 0 Å². The van der Waals surface area contributed by atoms with Crippen LogP contribution in [-0.4, -0.2) is 16.2 Å². The Morgan fingerprint density at radius 2 is 1.95 bits per heavy atom. The molecular formula is C16H12N2O2. The lowest BCUT2D eigenvalue weighted by Crippen LogP contribution is -2.05. The second kappa shape index (κ2) is 3.93. The Bertz CT molecular complexity index is 890. The third-order valence-electron chi connectivity index (χ3n) is 3.69. The monoisotopic (exact) mass is 264 g/mol. The number of hydrogen-bond acceptors (Lipinski definition) is 3. The molecule has 3 aromatic rings. The van der Waals surface area contributed by atoms with E-state index >= 15 is 0 Å². The Morgan fingerprint density at radius 3 is 2.80 bits per heavy atom. The second-order valence-corrected chi connectivity index (χ2v) is 4.93. The van der Waals surface area contributed by atoms with Crippen molar-refractivity contribution in [3.05, 3.63) is 48.0 Å². The van der Waals surface area contributed by atoms with Crippen LogP contribution in [0.15, 0.2) is 47.6 Å². The van der Waals surface area contributed by atoms with Crippen LogP contribution in [0.2, 0.25) is 0 Å². The molecule has 0 spiro atoms. The zero-order valence-electron chi connectivity index (χ0n) is 11.0. The van der Waals surface area contributed by atoms with E-state index in [0.29, 0.717) is 6.54 Å². The molecule has 0 aliphatic carbocycles. The first-order chi connectivity index (χ1) is 9.75. The van der Waals surface area contributed by atoms with Gasteiger partial charge in [-0.3, -0.25) is 0 Å². The van der Waals surface area contributed by atoms with Crippen molar-refractivity contribution in [3.8, 4) is 0 Å². The Labute approximate surface area is 115 Å². The summed E-state index contributed by atoms with van der Waals surface area (Å²) in [5.41, 5.74) is 4.19. The maximum atomic E-state index is 10.9. The molecule has 1 aromatic heterocycles.